The molecule has 0 aliphatic carbocycles. The predicted octanol–water partition coefficient (Wildman–Crippen LogP) is 2.40. The molecule has 0 aromatic heterocycles. The summed E-state index contributed by atoms with van der Waals surface area (Å²) in [6, 6.07) is 8.11. The number of rotatable bonds is 4. The lowest BCUT2D eigenvalue weighted by atomic mass is 9.96. The summed E-state index contributed by atoms with van der Waals surface area (Å²) in [4.78, 5) is 20.0. The van der Waals surface area contributed by atoms with Crippen molar-refractivity contribution < 1.29 is 9.18 Å². The van der Waals surface area contributed by atoms with Crippen molar-refractivity contribution in [3.05, 3.63) is 30.1 Å². The van der Waals surface area contributed by atoms with Crippen molar-refractivity contribution in [3.63, 3.8) is 0 Å². The van der Waals surface area contributed by atoms with Gasteiger partial charge in [0.25, 0.3) is 0 Å². The predicted molar refractivity (Wildman–Crippen MR) is 105 cm³/mol. The second-order valence-corrected chi connectivity index (χ2v) is 8.42. The number of hydrogen-bond donors (Lipinski definition) is 1. The van der Waals surface area contributed by atoms with Crippen LogP contribution in [0.2, 0.25) is 0 Å². The maximum absolute atomic E-state index is 13.3. The molecular formula is C21H31FN4O. The van der Waals surface area contributed by atoms with Gasteiger partial charge in [-0.05, 0) is 57.9 Å². The minimum Gasteiger partial charge on any atom is -0.325 e. The number of nitrogens with zero attached hydrogens (tertiary/aromatic N) is 3. The van der Waals surface area contributed by atoms with E-state index in [0.29, 0.717) is 11.7 Å². The molecule has 3 aliphatic rings. The van der Waals surface area contributed by atoms with Crippen molar-refractivity contribution >= 4 is 11.6 Å². The first-order valence-electron chi connectivity index (χ1n) is 10.3. The highest BCUT2D eigenvalue weighted by molar-refractivity contribution is 5.94. The third-order valence-electron chi connectivity index (χ3n) is 6.96. The Bertz CT molecular complexity index is 662. The SMILES string of the molecule is CC(C(=O)Nc1cccc(F)c1)N1CCN(C2CC3CCC(C2)N3C)CC1. The smallest absolute Gasteiger partial charge is 0.241 e. The first-order valence-corrected chi connectivity index (χ1v) is 10.3. The fraction of sp³-hybridized carbons (Fsp3) is 0.667. The van der Waals surface area contributed by atoms with E-state index < -0.39 is 0 Å². The topological polar surface area (TPSA) is 38.8 Å². The molecule has 2 bridgehead atoms. The highest BCUT2D eigenvalue weighted by Gasteiger charge is 2.41. The Morgan fingerprint density at radius 2 is 1.78 bits per heavy atom. The standard InChI is InChI=1S/C21H31FN4O/c1-15(21(27)23-17-5-3-4-16(22)12-17)25-8-10-26(11-9-25)20-13-18-6-7-19(14-20)24(18)2/h3-5,12,15,18-20H,6-11,13-14H2,1-2H3,(H,23,27). The molecule has 6 heteroatoms. The average Bonchev–Trinajstić information content (AvgIpc) is 2.88. The lowest BCUT2D eigenvalue weighted by molar-refractivity contribution is -0.121. The van der Waals surface area contributed by atoms with E-state index >= 15 is 0 Å². The fourth-order valence-corrected chi connectivity index (χ4v) is 5.15. The van der Waals surface area contributed by atoms with E-state index in [2.05, 4.69) is 27.1 Å². The van der Waals surface area contributed by atoms with Crippen LogP contribution in [0.3, 0.4) is 0 Å². The van der Waals surface area contributed by atoms with E-state index in [1.54, 1.807) is 12.1 Å². The molecule has 0 radical (unpaired) electrons. The molecule has 27 heavy (non-hydrogen) atoms. The summed E-state index contributed by atoms with van der Waals surface area (Å²) in [5, 5.41) is 2.84. The monoisotopic (exact) mass is 374 g/mol. The van der Waals surface area contributed by atoms with Crippen molar-refractivity contribution in [2.24, 2.45) is 0 Å². The van der Waals surface area contributed by atoms with Gasteiger partial charge in [0.2, 0.25) is 5.91 Å². The molecule has 148 valence electrons. The third-order valence-corrected chi connectivity index (χ3v) is 6.96. The minimum atomic E-state index is -0.332. The molecule has 1 N–H and O–H groups in total. The number of piperazine rings is 1. The normalized spacial score (nSPS) is 31.0. The van der Waals surface area contributed by atoms with Crippen molar-refractivity contribution in [2.45, 2.75) is 56.8 Å². The van der Waals surface area contributed by atoms with Gasteiger partial charge in [-0.2, -0.15) is 0 Å². The molecule has 1 aromatic rings. The van der Waals surface area contributed by atoms with Crippen LogP contribution in [0.15, 0.2) is 24.3 Å². The summed E-state index contributed by atoms with van der Waals surface area (Å²) in [6.07, 6.45) is 5.30. The summed E-state index contributed by atoms with van der Waals surface area (Å²) < 4.78 is 13.3. The molecular weight excluding hydrogens is 343 g/mol. The molecule has 3 heterocycles. The van der Waals surface area contributed by atoms with Crippen LogP contribution in [-0.4, -0.2) is 78.0 Å². The zero-order valence-corrected chi connectivity index (χ0v) is 16.4. The number of piperidine rings is 1. The van der Waals surface area contributed by atoms with Gasteiger partial charge < -0.3 is 10.2 Å². The molecule has 3 atom stereocenters. The Hall–Kier alpha value is -1.50. The van der Waals surface area contributed by atoms with Crippen LogP contribution in [0.4, 0.5) is 10.1 Å². The molecule has 3 aliphatic heterocycles. The van der Waals surface area contributed by atoms with Crippen molar-refractivity contribution in [1.82, 2.24) is 14.7 Å². The van der Waals surface area contributed by atoms with E-state index in [1.807, 2.05) is 6.92 Å². The molecule has 4 rings (SSSR count). The number of carbonyl (C=O) groups excluding carboxylic acids is 1. The van der Waals surface area contributed by atoms with Crippen molar-refractivity contribution in [1.29, 1.82) is 0 Å². The summed E-state index contributed by atoms with van der Waals surface area (Å²) in [5.74, 6) is -0.396. The molecule has 3 unspecified atom stereocenters. The first-order chi connectivity index (χ1) is 13.0. The van der Waals surface area contributed by atoms with Crippen LogP contribution < -0.4 is 5.32 Å². The Morgan fingerprint density at radius 3 is 2.41 bits per heavy atom. The van der Waals surface area contributed by atoms with E-state index in [0.717, 1.165) is 38.3 Å². The van der Waals surface area contributed by atoms with Gasteiger partial charge in [-0.15, -0.1) is 0 Å². The number of amides is 1. The van der Waals surface area contributed by atoms with Gasteiger partial charge in [0.1, 0.15) is 5.82 Å². The van der Waals surface area contributed by atoms with Crippen molar-refractivity contribution in [3.8, 4) is 0 Å². The largest absolute Gasteiger partial charge is 0.325 e. The zero-order valence-electron chi connectivity index (χ0n) is 16.4. The molecule has 0 spiro atoms. The summed E-state index contributed by atoms with van der Waals surface area (Å²) in [5.41, 5.74) is 0.521. The summed E-state index contributed by atoms with van der Waals surface area (Å²) in [6.45, 7) is 5.84. The van der Waals surface area contributed by atoms with Crippen LogP contribution >= 0.6 is 0 Å². The summed E-state index contributed by atoms with van der Waals surface area (Å²) >= 11 is 0. The van der Waals surface area contributed by atoms with Crippen LogP contribution in [0.1, 0.15) is 32.6 Å². The average molecular weight is 375 g/mol. The number of benzene rings is 1. The highest BCUT2D eigenvalue weighted by Crippen LogP contribution is 2.36. The second-order valence-electron chi connectivity index (χ2n) is 8.42. The zero-order chi connectivity index (χ0) is 19.0. The number of carbonyl (C=O) groups is 1. The Balaban J connectivity index is 1.28. The van der Waals surface area contributed by atoms with Gasteiger partial charge in [-0.1, -0.05) is 6.07 Å². The van der Waals surface area contributed by atoms with Gasteiger partial charge in [0.05, 0.1) is 6.04 Å². The van der Waals surface area contributed by atoms with Gasteiger partial charge in [0, 0.05) is 50.0 Å². The number of fused-ring (bicyclic) bond motifs is 2. The first kappa shape index (κ1) is 18.8. The van der Waals surface area contributed by atoms with E-state index in [9.17, 15) is 9.18 Å². The van der Waals surface area contributed by atoms with Gasteiger partial charge in [-0.3, -0.25) is 14.6 Å². The number of nitrogens with one attached hydrogen (secondary N) is 1. The molecule has 1 aromatic carbocycles. The highest BCUT2D eigenvalue weighted by atomic mass is 19.1. The van der Waals surface area contributed by atoms with Gasteiger partial charge >= 0.3 is 0 Å². The quantitative estimate of drug-likeness (QED) is 0.878. The van der Waals surface area contributed by atoms with Crippen LogP contribution in [0, 0.1) is 5.82 Å². The minimum absolute atomic E-state index is 0.0635. The maximum Gasteiger partial charge on any atom is 0.241 e. The molecule has 1 amide bonds. The number of hydrogen-bond acceptors (Lipinski definition) is 4. The van der Waals surface area contributed by atoms with Gasteiger partial charge in [-0.25, -0.2) is 4.39 Å². The molecule has 5 nitrogen and oxygen atoms in total. The number of anilines is 1. The van der Waals surface area contributed by atoms with Crippen LogP contribution in [0.5, 0.6) is 0 Å². The van der Waals surface area contributed by atoms with E-state index in [1.165, 1.54) is 37.8 Å². The molecule has 3 saturated heterocycles. The number of halogens is 1. The van der Waals surface area contributed by atoms with E-state index in [4.69, 9.17) is 0 Å². The lowest BCUT2D eigenvalue weighted by Gasteiger charge is -2.45. The molecule has 3 fully saturated rings. The Morgan fingerprint density at radius 1 is 1.11 bits per heavy atom. The Kier molecular flexibility index (Phi) is 5.48. The second kappa shape index (κ2) is 7.86. The van der Waals surface area contributed by atoms with E-state index in [-0.39, 0.29) is 17.8 Å². The van der Waals surface area contributed by atoms with Gasteiger partial charge in [0.15, 0.2) is 0 Å². The Labute approximate surface area is 161 Å². The molecule has 0 saturated carbocycles. The lowest BCUT2D eigenvalue weighted by Crippen LogP contribution is -2.57. The van der Waals surface area contributed by atoms with Crippen molar-refractivity contribution in [2.75, 3.05) is 38.5 Å². The maximum atomic E-state index is 13.3. The third kappa shape index (κ3) is 4.03. The fourth-order valence-electron chi connectivity index (χ4n) is 5.15. The summed E-state index contributed by atoms with van der Waals surface area (Å²) in [7, 11) is 2.29. The van der Waals surface area contributed by atoms with Crippen LogP contribution in [0.25, 0.3) is 0 Å². The van der Waals surface area contributed by atoms with Crippen LogP contribution in [-0.2, 0) is 4.79 Å².